The summed E-state index contributed by atoms with van der Waals surface area (Å²) in [6.45, 7) is 1.81. The van der Waals surface area contributed by atoms with Crippen molar-refractivity contribution in [2.24, 2.45) is 4.99 Å². The van der Waals surface area contributed by atoms with Gasteiger partial charge in [0, 0.05) is 30.4 Å². The summed E-state index contributed by atoms with van der Waals surface area (Å²) in [5.41, 5.74) is 5.50. The molecule has 0 aliphatic carbocycles. The van der Waals surface area contributed by atoms with Crippen LogP contribution in [0, 0.1) is 5.82 Å². The van der Waals surface area contributed by atoms with Gasteiger partial charge in [0.2, 0.25) is 0 Å². The van der Waals surface area contributed by atoms with Gasteiger partial charge in [-0.2, -0.15) is 0 Å². The Kier molecular flexibility index (Phi) is 3.86. The predicted molar refractivity (Wildman–Crippen MR) is 110 cm³/mol. The van der Waals surface area contributed by atoms with Gasteiger partial charge in [-0.1, -0.05) is 30.3 Å². The van der Waals surface area contributed by atoms with Gasteiger partial charge < -0.3 is 15.0 Å². The standard InChI is InChI=1S/C23H18FN3O/c24-20-6-3-7-21-22(20)19(23(28)26-21)12-25-17-8-10-18(11-9-17)27-13-15-4-1-2-5-16(15)14-27/h1-12,26,28H,13-14H2. The van der Waals surface area contributed by atoms with E-state index in [0.29, 0.717) is 16.5 Å². The summed E-state index contributed by atoms with van der Waals surface area (Å²) in [7, 11) is 0. The first kappa shape index (κ1) is 16.6. The van der Waals surface area contributed by atoms with E-state index in [-0.39, 0.29) is 11.7 Å². The fraction of sp³-hybridized carbons (Fsp3) is 0.0870. The van der Waals surface area contributed by atoms with Crippen LogP contribution in [0.2, 0.25) is 0 Å². The average Bonchev–Trinajstić information content (AvgIpc) is 3.28. The average molecular weight is 371 g/mol. The summed E-state index contributed by atoms with van der Waals surface area (Å²) in [6, 6.07) is 21.1. The molecule has 0 radical (unpaired) electrons. The molecule has 0 fully saturated rings. The Bertz CT molecular complexity index is 1170. The number of fused-ring (bicyclic) bond motifs is 2. The molecule has 1 aliphatic rings. The number of benzene rings is 3. The van der Waals surface area contributed by atoms with E-state index in [4.69, 9.17) is 0 Å². The Hall–Kier alpha value is -3.60. The third-order valence-corrected chi connectivity index (χ3v) is 5.19. The quantitative estimate of drug-likeness (QED) is 0.481. The first-order chi connectivity index (χ1) is 13.7. The van der Waals surface area contributed by atoms with Crippen LogP contribution in [0.15, 0.2) is 71.7 Å². The fourth-order valence-corrected chi connectivity index (χ4v) is 3.75. The minimum absolute atomic E-state index is 0.0877. The van der Waals surface area contributed by atoms with Gasteiger partial charge in [0.1, 0.15) is 5.82 Å². The van der Waals surface area contributed by atoms with Gasteiger partial charge in [0.25, 0.3) is 0 Å². The van der Waals surface area contributed by atoms with E-state index < -0.39 is 0 Å². The number of H-pyrrole nitrogens is 1. The number of aromatic hydroxyl groups is 1. The molecule has 0 spiro atoms. The maximum Gasteiger partial charge on any atom is 0.198 e. The molecular formula is C23H18FN3O. The van der Waals surface area contributed by atoms with Crippen molar-refractivity contribution in [3.8, 4) is 5.88 Å². The van der Waals surface area contributed by atoms with Crippen LogP contribution in [0.4, 0.5) is 15.8 Å². The number of nitrogens with zero attached hydrogens (tertiary/aromatic N) is 2. The van der Waals surface area contributed by atoms with E-state index >= 15 is 0 Å². The van der Waals surface area contributed by atoms with Gasteiger partial charge in [-0.15, -0.1) is 0 Å². The lowest BCUT2D eigenvalue weighted by atomic mass is 10.1. The van der Waals surface area contributed by atoms with Crippen LogP contribution in [0.1, 0.15) is 16.7 Å². The van der Waals surface area contributed by atoms with Crippen molar-refractivity contribution in [2.75, 3.05) is 4.90 Å². The molecule has 0 atom stereocenters. The van der Waals surface area contributed by atoms with Gasteiger partial charge in [0.15, 0.2) is 5.88 Å². The van der Waals surface area contributed by atoms with Crippen LogP contribution in [-0.4, -0.2) is 16.3 Å². The Balaban J connectivity index is 1.38. The largest absolute Gasteiger partial charge is 0.494 e. The molecule has 0 saturated carbocycles. The molecule has 4 nitrogen and oxygen atoms in total. The van der Waals surface area contributed by atoms with E-state index in [2.05, 4.69) is 39.1 Å². The molecule has 1 aliphatic heterocycles. The Morgan fingerprint density at radius 3 is 2.36 bits per heavy atom. The van der Waals surface area contributed by atoms with Crippen LogP contribution < -0.4 is 4.90 Å². The molecule has 0 unspecified atom stereocenters. The molecule has 1 aromatic heterocycles. The van der Waals surface area contributed by atoms with Gasteiger partial charge in [0.05, 0.1) is 16.8 Å². The van der Waals surface area contributed by atoms with E-state index in [1.54, 1.807) is 12.1 Å². The van der Waals surface area contributed by atoms with E-state index in [9.17, 15) is 9.50 Å². The zero-order valence-corrected chi connectivity index (χ0v) is 15.1. The summed E-state index contributed by atoms with van der Waals surface area (Å²) < 4.78 is 14.1. The third kappa shape index (κ3) is 2.81. The van der Waals surface area contributed by atoms with Gasteiger partial charge in [-0.05, 0) is 47.5 Å². The predicted octanol–water partition coefficient (Wildman–Crippen LogP) is 5.28. The normalized spacial score (nSPS) is 13.5. The molecule has 138 valence electrons. The summed E-state index contributed by atoms with van der Waals surface area (Å²) in [5, 5.41) is 10.4. The molecule has 3 aromatic carbocycles. The minimum Gasteiger partial charge on any atom is -0.494 e. The van der Waals surface area contributed by atoms with Crippen LogP contribution >= 0.6 is 0 Å². The zero-order chi connectivity index (χ0) is 19.1. The second kappa shape index (κ2) is 6.53. The molecule has 28 heavy (non-hydrogen) atoms. The summed E-state index contributed by atoms with van der Waals surface area (Å²) >= 11 is 0. The molecule has 5 heteroatoms. The highest BCUT2D eigenvalue weighted by atomic mass is 19.1. The van der Waals surface area contributed by atoms with Crippen molar-refractivity contribution >= 4 is 28.5 Å². The number of nitrogens with one attached hydrogen (secondary N) is 1. The van der Waals surface area contributed by atoms with Crippen LogP contribution in [0.25, 0.3) is 10.9 Å². The molecular weight excluding hydrogens is 353 g/mol. The third-order valence-electron chi connectivity index (χ3n) is 5.19. The van der Waals surface area contributed by atoms with Crippen molar-refractivity contribution < 1.29 is 9.50 Å². The Morgan fingerprint density at radius 1 is 0.929 bits per heavy atom. The van der Waals surface area contributed by atoms with Crippen molar-refractivity contribution in [1.82, 2.24) is 4.98 Å². The highest BCUT2D eigenvalue weighted by Crippen LogP contribution is 2.31. The summed E-state index contributed by atoms with van der Waals surface area (Å²) in [4.78, 5) is 9.51. The number of hydrogen-bond donors (Lipinski definition) is 2. The monoisotopic (exact) mass is 371 g/mol. The van der Waals surface area contributed by atoms with E-state index in [0.717, 1.165) is 24.5 Å². The molecule has 2 heterocycles. The summed E-state index contributed by atoms with van der Waals surface area (Å²) in [5.74, 6) is -0.477. The van der Waals surface area contributed by atoms with Crippen molar-refractivity contribution in [2.45, 2.75) is 13.1 Å². The number of aliphatic imine (C=N–C) groups is 1. The number of aromatic nitrogens is 1. The maximum atomic E-state index is 14.1. The number of rotatable bonds is 3. The van der Waals surface area contributed by atoms with Gasteiger partial charge in [-0.3, -0.25) is 4.99 Å². The highest BCUT2D eigenvalue weighted by Gasteiger charge is 2.18. The molecule has 0 bridgehead atoms. The molecule has 0 amide bonds. The molecule has 2 N–H and O–H groups in total. The van der Waals surface area contributed by atoms with Crippen molar-refractivity contribution in [3.05, 3.63) is 89.2 Å². The number of anilines is 1. The van der Waals surface area contributed by atoms with Crippen LogP contribution in [0.5, 0.6) is 5.88 Å². The number of aromatic amines is 1. The van der Waals surface area contributed by atoms with E-state index in [1.807, 2.05) is 24.3 Å². The van der Waals surface area contributed by atoms with Crippen LogP contribution in [0.3, 0.4) is 0 Å². The van der Waals surface area contributed by atoms with Crippen molar-refractivity contribution in [1.29, 1.82) is 0 Å². The van der Waals surface area contributed by atoms with Crippen molar-refractivity contribution in [3.63, 3.8) is 0 Å². The molecule has 5 rings (SSSR count). The van der Waals surface area contributed by atoms with E-state index in [1.165, 1.54) is 23.4 Å². The zero-order valence-electron chi connectivity index (χ0n) is 15.1. The summed E-state index contributed by atoms with van der Waals surface area (Å²) in [6.07, 6.45) is 1.50. The molecule has 0 saturated heterocycles. The highest BCUT2D eigenvalue weighted by molar-refractivity contribution is 6.02. The fourth-order valence-electron chi connectivity index (χ4n) is 3.75. The Morgan fingerprint density at radius 2 is 1.64 bits per heavy atom. The van der Waals surface area contributed by atoms with Gasteiger partial charge >= 0.3 is 0 Å². The topological polar surface area (TPSA) is 51.6 Å². The molecule has 4 aromatic rings. The van der Waals surface area contributed by atoms with Gasteiger partial charge in [-0.25, -0.2) is 4.39 Å². The lowest BCUT2D eigenvalue weighted by Gasteiger charge is -2.17. The first-order valence-electron chi connectivity index (χ1n) is 9.14. The number of hydrogen-bond acceptors (Lipinski definition) is 3. The van der Waals surface area contributed by atoms with Crippen LogP contribution in [-0.2, 0) is 13.1 Å². The Labute approximate surface area is 161 Å². The first-order valence-corrected chi connectivity index (χ1v) is 9.14. The smallest absolute Gasteiger partial charge is 0.198 e. The second-order valence-electron chi connectivity index (χ2n) is 6.95. The minimum atomic E-state index is -0.389. The maximum absolute atomic E-state index is 14.1. The second-order valence-corrected chi connectivity index (χ2v) is 6.95. The number of halogens is 1. The lowest BCUT2D eigenvalue weighted by Crippen LogP contribution is -2.13. The lowest BCUT2D eigenvalue weighted by molar-refractivity contribution is 0.457. The SMILES string of the molecule is Oc1[nH]c2cccc(F)c2c1C=Nc1ccc(N2Cc3ccccc3C2)cc1.